The molecule has 2 atom stereocenters. The number of hydrogen-bond donors (Lipinski definition) is 2. The van der Waals surface area contributed by atoms with E-state index in [1.54, 1.807) is 11.8 Å². The first kappa shape index (κ1) is 19.7. The lowest BCUT2D eigenvalue weighted by molar-refractivity contribution is -0.907. The number of fused-ring (bicyclic) bond motifs is 1. The van der Waals surface area contributed by atoms with E-state index in [9.17, 15) is 9.90 Å². The first-order valence-electron chi connectivity index (χ1n) is 9.55. The monoisotopic (exact) mass is 381 g/mol. The first-order chi connectivity index (χ1) is 13.2. The summed E-state index contributed by atoms with van der Waals surface area (Å²) in [5, 5.41) is 10.2. The van der Waals surface area contributed by atoms with E-state index in [2.05, 4.69) is 0 Å². The van der Waals surface area contributed by atoms with Gasteiger partial charge in [-0.25, -0.2) is 4.79 Å². The summed E-state index contributed by atoms with van der Waals surface area (Å²) in [6.45, 7) is 6.75. The summed E-state index contributed by atoms with van der Waals surface area (Å²) in [5.74, 6) is 1.47. The smallest absolute Gasteiger partial charge is 0.410 e. The molecule has 0 radical (unpaired) electrons. The molecule has 2 N–H and O–H groups in total. The third-order valence-electron chi connectivity index (χ3n) is 4.70. The van der Waals surface area contributed by atoms with Crippen LogP contribution in [0.3, 0.4) is 0 Å². The van der Waals surface area contributed by atoms with Crippen LogP contribution in [0.15, 0.2) is 24.3 Å². The van der Waals surface area contributed by atoms with Crippen molar-refractivity contribution in [3.05, 3.63) is 24.3 Å². The van der Waals surface area contributed by atoms with Crippen LogP contribution in [0.25, 0.3) is 0 Å². The van der Waals surface area contributed by atoms with Gasteiger partial charge in [0.2, 0.25) is 0 Å². The molecule has 150 valence electrons. The molecule has 0 saturated carbocycles. The molecule has 8 heteroatoms. The van der Waals surface area contributed by atoms with Crippen LogP contribution in [-0.2, 0) is 9.47 Å². The fourth-order valence-corrected chi connectivity index (χ4v) is 3.30. The number of amides is 1. The van der Waals surface area contributed by atoms with Gasteiger partial charge in [0.05, 0.1) is 46.0 Å². The molecule has 2 aliphatic heterocycles. The van der Waals surface area contributed by atoms with Crippen molar-refractivity contribution in [3.8, 4) is 11.5 Å². The minimum Gasteiger partial charge on any atom is -0.486 e. The van der Waals surface area contributed by atoms with E-state index < -0.39 is 6.10 Å². The van der Waals surface area contributed by atoms with Crippen LogP contribution >= 0.6 is 0 Å². The number of rotatable bonds is 7. The fourth-order valence-electron chi connectivity index (χ4n) is 3.30. The van der Waals surface area contributed by atoms with E-state index in [-0.39, 0.29) is 18.8 Å². The normalized spacial score (nSPS) is 21.0. The largest absolute Gasteiger partial charge is 0.486 e. The lowest BCUT2D eigenvalue weighted by Gasteiger charge is -2.32. The highest BCUT2D eigenvalue weighted by atomic mass is 16.6. The van der Waals surface area contributed by atoms with E-state index in [1.807, 2.05) is 24.3 Å². The first-order valence-corrected chi connectivity index (χ1v) is 9.55. The second-order valence-corrected chi connectivity index (χ2v) is 6.83. The molecule has 1 fully saturated rings. The number of quaternary nitrogens is 1. The molecule has 0 spiro atoms. The van der Waals surface area contributed by atoms with Crippen molar-refractivity contribution < 1.29 is 33.7 Å². The van der Waals surface area contributed by atoms with E-state index in [1.165, 1.54) is 4.90 Å². The van der Waals surface area contributed by atoms with E-state index >= 15 is 0 Å². The minimum atomic E-state index is -0.550. The second kappa shape index (κ2) is 9.77. The summed E-state index contributed by atoms with van der Waals surface area (Å²) in [5.41, 5.74) is 0. The third-order valence-corrected chi connectivity index (χ3v) is 4.70. The molecule has 1 amide bonds. The van der Waals surface area contributed by atoms with Gasteiger partial charge in [-0.3, -0.25) is 4.90 Å². The molecule has 1 saturated heterocycles. The molecule has 2 aliphatic rings. The highest BCUT2D eigenvalue weighted by Crippen LogP contribution is 2.30. The second-order valence-electron chi connectivity index (χ2n) is 6.83. The van der Waals surface area contributed by atoms with Crippen molar-refractivity contribution in [2.75, 3.05) is 59.2 Å². The fraction of sp³-hybridized carbons (Fsp3) is 0.632. The molecule has 0 bridgehead atoms. The van der Waals surface area contributed by atoms with Crippen LogP contribution in [0.4, 0.5) is 4.79 Å². The van der Waals surface area contributed by atoms with Gasteiger partial charge in [-0.1, -0.05) is 12.1 Å². The van der Waals surface area contributed by atoms with E-state index in [0.717, 1.165) is 24.6 Å². The van der Waals surface area contributed by atoms with Gasteiger partial charge in [0.1, 0.15) is 19.3 Å². The topological polar surface area (TPSA) is 81.9 Å². The predicted molar refractivity (Wildman–Crippen MR) is 97.3 cm³/mol. The average Bonchev–Trinajstić information content (AvgIpc) is 2.68. The quantitative estimate of drug-likeness (QED) is 0.667. The summed E-state index contributed by atoms with van der Waals surface area (Å²) < 4.78 is 22.1. The highest BCUT2D eigenvalue weighted by Gasteiger charge is 2.26. The molecule has 27 heavy (non-hydrogen) atoms. The molecule has 1 aromatic carbocycles. The average molecular weight is 381 g/mol. The van der Waals surface area contributed by atoms with Crippen molar-refractivity contribution in [3.63, 3.8) is 0 Å². The number of piperazine rings is 1. The van der Waals surface area contributed by atoms with Crippen LogP contribution in [0.5, 0.6) is 11.5 Å². The Morgan fingerprint density at radius 1 is 1.33 bits per heavy atom. The summed E-state index contributed by atoms with van der Waals surface area (Å²) in [4.78, 5) is 14.7. The zero-order valence-electron chi connectivity index (χ0n) is 15.8. The number of para-hydroxylation sites is 2. The van der Waals surface area contributed by atoms with Crippen molar-refractivity contribution >= 4 is 6.09 Å². The zero-order valence-corrected chi connectivity index (χ0v) is 15.8. The number of carbonyl (C=O) groups excluding carboxylic acids is 1. The number of aliphatic hydroxyl groups is 1. The maximum Gasteiger partial charge on any atom is 0.410 e. The standard InChI is InChI=1S/C19H28N2O6/c1-2-25-19(23)21-9-7-20(8-10-21)11-15(22)12-24-13-16-14-26-17-5-3-4-6-18(17)27-16/h3-6,15-16,22H,2,7-14H2,1H3/p+1/t15-,16+/m0/s1. The van der Waals surface area contributed by atoms with E-state index in [0.29, 0.717) is 39.5 Å². The van der Waals surface area contributed by atoms with Crippen molar-refractivity contribution in [1.82, 2.24) is 4.90 Å². The number of nitrogens with one attached hydrogen (secondary N) is 1. The number of hydrogen-bond acceptors (Lipinski definition) is 6. The number of ether oxygens (including phenoxy) is 4. The molecule has 8 nitrogen and oxygen atoms in total. The van der Waals surface area contributed by atoms with Gasteiger partial charge in [-0.2, -0.15) is 0 Å². The van der Waals surface area contributed by atoms with Gasteiger partial charge in [0, 0.05) is 0 Å². The zero-order chi connectivity index (χ0) is 19.1. The molecule has 2 heterocycles. The Labute approximate surface area is 159 Å². The Morgan fingerprint density at radius 2 is 2.07 bits per heavy atom. The Balaban J connectivity index is 1.30. The number of nitrogens with zero attached hydrogens (tertiary/aromatic N) is 1. The summed E-state index contributed by atoms with van der Waals surface area (Å²) in [7, 11) is 0. The predicted octanol–water partition coefficient (Wildman–Crippen LogP) is -0.439. The van der Waals surface area contributed by atoms with Crippen molar-refractivity contribution in [2.45, 2.75) is 19.1 Å². The minimum absolute atomic E-state index is 0.174. The van der Waals surface area contributed by atoms with Gasteiger partial charge in [0.25, 0.3) is 0 Å². The SMILES string of the molecule is CCOC(=O)N1CC[NH+](C[C@H](O)COC[C@@H]2COc3ccccc3O2)CC1. The number of aliphatic hydroxyl groups excluding tert-OH is 1. The summed E-state index contributed by atoms with van der Waals surface area (Å²) >= 11 is 0. The lowest BCUT2D eigenvalue weighted by Crippen LogP contribution is -3.15. The van der Waals surface area contributed by atoms with E-state index in [4.69, 9.17) is 18.9 Å². The molecule has 1 aromatic rings. The van der Waals surface area contributed by atoms with Crippen molar-refractivity contribution in [1.29, 1.82) is 0 Å². The maximum absolute atomic E-state index is 11.7. The maximum atomic E-state index is 11.7. The molecular formula is C19H29N2O6+. The van der Waals surface area contributed by atoms with Crippen molar-refractivity contribution in [2.24, 2.45) is 0 Å². The Morgan fingerprint density at radius 3 is 2.81 bits per heavy atom. The van der Waals surface area contributed by atoms with Crippen LogP contribution in [0.2, 0.25) is 0 Å². The summed E-state index contributed by atoms with van der Waals surface area (Å²) in [6, 6.07) is 7.56. The Kier molecular flexibility index (Phi) is 7.14. The molecular weight excluding hydrogens is 352 g/mol. The third kappa shape index (κ3) is 5.72. The van der Waals surface area contributed by atoms with Gasteiger partial charge < -0.3 is 29.0 Å². The molecule has 3 rings (SSSR count). The number of benzene rings is 1. The van der Waals surface area contributed by atoms with Crippen LogP contribution in [0.1, 0.15) is 6.92 Å². The van der Waals surface area contributed by atoms with Crippen LogP contribution < -0.4 is 14.4 Å². The number of carbonyl (C=O) groups is 1. The molecule has 0 aromatic heterocycles. The molecule has 0 aliphatic carbocycles. The Hall–Kier alpha value is -2.03. The lowest BCUT2D eigenvalue weighted by atomic mass is 10.2. The Bertz CT molecular complexity index is 606. The summed E-state index contributed by atoms with van der Waals surface area (Å²) in [6.07, 6.45) is -0.977. The van der Waals surface area contributed by atoms with Gasteiger partial charge in [-0.15, -0.1) is 0 Å². The van der Waals surface area contributed by atoms with Crippen LogP contribution in [-0.4, -0.2) is 87.5 Å². The van der Waals surface area contributed by atoms with Gasteiger partial charge in [0.15, 0.2) is 17.6 Å². The van der Waals surface area contributed by atoms with Gasteiger partial charge in [-0.05, 0) is 19.1 Å². The molecule has 0 unspecified atom stereocenters. The van der Waals surface area contributed by atoms with Crippen LogP contribution in [0, 0.1) is 0 Å². The highest BCUT2D eigenvalue weighted by molar-refractivity contribution is 5.67. The van der Waals surface area contributed by atoms with Gasteiger partial charge >= 0.3 is 6.09 Å².